The van der Waals surface area contributed by atoms with E-state index in [0.29, 0.717) is 23.9 Å². The van der Waals surface area contributed by atoms with Gasteiger partial charge in [0.2, 0.25) is 0 Å². The molecule has 52 heavy (non-hydrogen) atoms. The topological polar surface area (TPSA) is 84.4 Å². The van der Waals surface area contributed by atoms with Gasteiger partial charge in [-0.05, 0) is 98.8 Å². The zero-order valence-corrected chi connectivity index (χ0v) is 33.7. The molecule has 0 bridgehead atoms. The molecule has 1 amide bonds. The molecule has 2 aliphatic rings. The molecule has 0 aliphatic carbocycles. The van der Waals surface area contributed by atoms with E-state index in [1.54, 1.807) is 16.7 Å². The van der Waals surface area contributed by atoms with Crippen LogP contribution in [-0.2, 0) is 14.9 Å². The summed E-state index contributed by atoms with van der Waals surface area (Å²) in [5.74, 6) is -0.105. The highest BCUT2D eigenvalue weighted by Gasteiger charge is 2.38. The number of allylic oxidation sites excluding steroid dienone is 4. The van der Waals surface area contributed by atoms with Crippen molar-refractivity contribution in [1.82, 2.24) is 9.80 Å². The molecule has 2 aliphatic heterocycles. The number of thioether (sulfide) groups is 1. The predicted octanol–water partition coefficient (Wildman–Crippen LogP) is 9.65. The van der Waals surface area contributed by atoms with Gasteiger partial charge < -0.3 is 9.80 Å². The second kappa shape index (κ2) is 20.1. The van der Waals surface area contributed by atoms with E-state index in [-0.39, 0.29) is 12.3 Å². The highest BCUT2D eigenvalue weighted by molar-refractivity contribution is 8.03. The van der Waals surface area contributed by atoms with E-state index in [1.165, 1.54) is 39.4 Å². The molecular weight excluding hydrogens is 709 g/mol. The van der Waals surface area contributed by atoms with Crippen molar-refractivity contribution in [2.45, 2.75) is 83.3 Å². The van der Waals surface area contributed by atoms with Crippen LogP contribution in [0.2, 0.25) is 0 Å². The molecule has 8 nitrogen and oxygen atoms in total. The van der Waals surface area contributed by atoms with Gasteiger partial charge in [-0.25, -0.2) is 0 Å². The Kier molecular flexibility index (Phi) is 16.0. The van der Waals surface area contributed by atoms with Crippen LogP contribution < -0.4 is 9.80 Å². The van der Waals surface area contributed by atoms with Crippen molar-refractivity contribution in [2.75, 3.05) is 42.5 Å². The molecule has 1 unspecified atom stereocenters. The van der Waals surface area contributed by atoms with E-state index < -0.39 is 15.4 Å². The van der Waals surface area contributed by atoms with Gasteiger partial charge in [0.15, 0.2) is 5.11 Å². The lowest BCUT2D eigenvalue weighted by atomic mass is 10.1. The van der Waals surface area contributed by atoms with Gasteiger partial charge in [-0.15, -0.1) is 0 Å². The van der Waals surface area contributed by atoms with Crippen molar-refractivity contribution in [3.05, 3.63) is 102 Å². The fraction of sp³-hybridized carbons (Fsp3) is 0.415. The summed E-state index contributed by atoms with van der Waals surface area (Å²) in [5.41, 5.74) is 2.34. The first kappa shape index (κ1) is 41.3. The second-order valence-corrected chi connectivity index (χ2v) is 16.2. The molecule has 1 N–H and O–H groups in total. The number of carbonyl (C=O) groups is 1. The molecule has 0 radical (unpaired) electrons. The molecule has 5 rings (SSSR count). The summed E-state index contributed by atoms with van der Waals surface area (Å²) in [4.78, 5) is 22.7. The minimum atomic E-state index is -4.13. The van der Waals surface area contributed by atoms with E-state index >= 15 is 0 Å². The Labute approximate surface area is 321 Å². The van der Waals surface area contributed by atoms with Crippen molar-refractivity contribution >= 4 is 67.3 Å². The number of hydrogen-bond acceptors (Lipinski definition) is 7. The van der Waals surface area contributed by atoms with Gasteiger partial charge in [-0.1, -0.05) is 120 Å². The lowest BCUT2D eigenvalue weighted by Crippen LogP contribution is -2.33. The van der Waals surface area contributed by atoms with Crippen LogP contribution in [-0.4, -0.2) is 71.8 Å². The first-order valence-corrected chi connectivity index (χ1v) is 21.2. The molecule has 0 saturated carbocycles. The summed E-state index contributed by atoms with van der Waals surface area (Å²) in [6.45, 7) is 14.8. The molecule has 1 saturated heterocycles. The predicted molar refractivity (Wildman–Crippen MR) is 224 cm³/mol. The summed E-state index contributed by atoms with van der Waals surface area (Å²) < 4.78 is 33.0. The zero-order chi connectivity index (χ0) is 37.7. The standard InChI is InChI=1S/C35H39N3O4S3.C6H15N/c1-3-4-5-6-14-22-37-34(39)30(38(35(37)43)29-17-8-7-9-18-29)19-12-13-20-33-36(23-21-26(2)45(40,41)42)31-24-27-15-10-11-16-28(27)25-32(31)44-33;1-4-7(5-2)6-3/h7-13,15-20,24-26H,3-6,14,21-23H2,1-2H3,(H,40,41,42);4-6H2,1-3H3. The van der Waals surface area contributed by atoms with Crippen molar-refractivity contribution in [3.8, 4) is 0 Å². The fourth-order valence-corrected chi connectivity index (χ4v) is 8.06. The largest absolute Gasteiger partial charge is 0.335 e. The first-order valence-electron chi connectivity index (χ1n) is 18.5. The number of benzene rings is 3. The maximum absolute atomic E-state index is 13.6. The van der Waals surface area contributed by atoms with Crippen LogP contribution in [0.4, 0.5) is 11.4 Å². The van der Waals surface area contributed by atoms with E-state index in [4.69, 9.17) is 12.2 Å². The van der Waals surface area contributed by atoms with Crippen LogP contribution >= 0.6 is 24.0 Å². The molecule has 280 valence electrons. The average Bonchev–Trinajstić information content (AvgIpc) is 3.60. The Balaban J connectivity index is 0.000000785. The van der Waals surface area contributed by atoms with Crippen LogP contribution in [0.25, 0.3) is 10.8 Å². The van der Waals surface area contributed by atoms with Crippen molar-refractivity contribution in [3.63, 3.8) is 0 Å². The first-order chi connectivity index (χ1) is 25.0. The Morgan fingerprint density at radius 3 is 2.06 bits per heavy atom. The van der Waals surface area contributed by atoms with E-state index in [9.17, 15) is 17.8 Å². The molecule has 3 aromatic rings. The van der Waals surface area contributed by atoms with Gasteiger partial charge in [0, 0.05) is 23.7 Å². The van der Waals surface area contributed by atoms with Crippen LogP contribution in [0.3, 0.4) is 0 Å². The van der Waals surface area contributed by atoms with Gasteiger partial charge in [-0.3, -0.25) is 19.1 Å². The second-order valence-electron chi connectivity index (χ2n) is 12.9. The minimum Gasteiger partial charge on any atom is -0.335 e. The number of amides is 1. The van der Waals surface area contributed by atoms with Crippen molar-refractivity contribution in [2.24, 2.45) is 0 Å². The third kappa shape index (κ3) is 10.8. The number of rotatable bonds is 16. The Morgan fingerprint density at radius 1 is 0.827 bits per heavy atom. The molecule has 0 aromatic heterocycles. The normalized spacial score (nSPS) is 16.9. The number of nitrogens with zero attached hydrogens (tertiary/aromatic N) is 4. The smallest absolute Gasteiger partial charge is 0.277 e. The van der Waals surface area contributed by atoms with Crippen LogP contribution in [0, 0.1) is 0 Å². The minimum absolute atomic E-state index is 0.105. The third-order valence-electron chi connectivity index (χ3n) is 9.44. The highest BCUT2D eigenvalue weighted by atomic mass is 32.2. The monoisotopic (exact) mass is 762 g/mol. The number of para-hydroxylation sites is 1. The molecule has 3 aromatic carbocycles. The van der Waals surface area contributed by atoms with Gasteiger partial charge in [0.05, 0.1) is 16.0 Å². The van der Waals surface area contributed by atoms with Crippen molar-refractivity contribution < 1.29 is 17.8 Å². The Morgan fingerprint density at radius 2 is 1.44 bits per heavy atom. The Bertz CT molecular complexity index is 1850. The summed E-state index contributed by atoms with van der Waals surface area (Å²) >= 11 is 7.43. The molecule has 1 fully saturated rings. The molecule has 1 atom stereocenters. The summed E-state index contributed by atoms with van der Waals surface area (Å²) in [6.07, 6.45) is 13.3. The number of hydrogen-bond donors (Lipinski definition) is 1. The number of unbranched alkanes of at least 4 members (excludes halogenated alkanes) is 4. The highest BCUT2D eigenvalue weighted by Crippen LogP contribution is 2.48. The average molecular weight is 763 g/mol. The molecular formula is C41H54N4O4S3. The van der Waals surface area contributed by atoms with Crippen LogP contribution in [0.1, 0.15) is 73.1 Å². The summed E-state index contributed by atoms with van der Waals surface area (Å²) in [5, 5.41) is 2.76. The van der Waals surface area contributed by atoms with Gasteiger partial charge >= 0.3 is 0 Å². The lowest BCUT2D eigenvalue weighted by molar-refractivity contribution is -0.122. The maximum atomic E-state index is 13.6. The van der Waals surface area contributed by atoms with Gasteiger partial charge in [0.25, 0.3) is 16.0 Å². The number of carbonyl (C=O) groups excluding carboxylic acids is 1. The zero-order valence-electron chi connectivity index (χ0n) is 31.2. The summed E-state index contributed by atoms with van der Waals surface area (Å²) in [6, 6.07) is 22.1. The SMILES string of the molecule is CCCCCCCN1C(=O)C(=CC=CC=C2Sc3cc4ccccc4cc3N2CCC(C)S(=O)(=O)O)N(c2ccccc2)C1=S.CCN(CC)CC. The number of thiocarbonyl (C=S) groups is 1. The van der Waals surface area contributed by atoms with Crippen LogP contribution in [0.5, 0.6) is 0 Å². The van der Waals surface area contributed by atoms with Gasteiger partial charge in [-0.2, -0.15) is 8.42 Å². The van der Waals surface area contributed by atoms with E-state index in [0.717, 1.165) is 51.3 Å². The number of fused-ring (bicyclic) bond motifs is 2. The van der Waals surface area contributed by atoms with Crippen molar-refractivity contribution in [1.29, 1.82) is 0 Å². The van der Waals surface area contributed by atoms with Crippen LogP contribution in [0.15, 0.2) is 107 Å². The maximum Gasteiger partial charge on any atom is 0.277 e. The third-order valence-corrected chi connectivity index (χ3v) is 12.2. The van der Waals surface area contributed by atoms with E-state index in [1.807, 2.05) is 71.7 Å². The summed E-state index contributed by atoms with van der Waals surface area (Å²) in [7, 11) is -4.13. The quantitative estimate of drug-likeness (QED) is 0.0664. The molecule has 11 heteroatoms. The number of anilines is 2. The fourth-order valence-electron chi connectivity index (χ4n) is 6.14. The van der Waals surface area contributed by atoms with Gasteiger partial charge in [0.1, 0.15) is 5.70 Å². The lowest BCUT2D eigenvalue weighted by Gasteiger charge is -2.22. The molecule has 0 spiro atoms. The Hall–Kier alpha value is -3.48. The van der Waals surface area contributed by atoms with E-state index in [2.05, 4.69) is 61.8 Å². The molecule has 2 heterocycles.